The van der Waals surface area contributed by atoms with Gasteiger partial charge in [-0.15, -0.1) is 11.3 Å². The second-order valence-electron chi connectivity index (χ2n) is 6.49. The molecule has 1 aromatic heterocycles. The number of hydrogen-bond donors (Lipinski definition) is 2. The summed E-state index contributed by atoms with van der Waals surface area (Å²) in [6, 6.07) is 15.7. The Morgan fingerprint density at radius 1 is 1.15 bits per heavy atom. The van der Waals surface area contributed by atoms with Crippen LogP contribution in [-0.4, -0.2) is 23.2 Å². The van der Waals surface area contributed by atoms with E-state index in [1.807, 2.05) is 36.4 Å². The predicted molar refractivity (Wildman–Crippen MR) is 109 cm³/mol. The standard InChI is InChI=1S/C21H22N2O3S/c1-13(2)14-4-6-15(7-5-14)20-18(12-19(24)25)27-21(23-20)22-16-8-10-17(26-3)11-9-16/h4-11,13H,12H2,1-3H3,(H,22,23)(H,24,25). The number of anilines is 2. The fourth-order valence-corrected chi connectivity index (χ4v) is 3.71. The molecular formula is C21H22N2O3S. The van der Waals surface area contributed by atoms with E-state index in [1.165, 1.54) is 16.9 Å². The van der Waals surface area contributed by atoms with E-state index in [4.69, 9.17) is 4.74 Å². The Hall–Kier alpha value is -2.86. The fraction of sp³-hybridized carbons (Fsp3) is 0.238. The summed E-state index contributed by atoms with van der Waals surface area (Å²) in [5.41, 5.74) is 3.75. The molecule has 2 aromatic carbocycles. The van der Waals surface area contributed by atoms with Gasteiger partial charge in [-0.25, -0.2) is 4.98 Å². The van der Waals surface area contributed by atoms with Crippen molar-refractivity contribution in [3.8, 4) is 17.0 Å². The summed E-state index contributed by atoms with van der Waals surface area (Å²) in [7, 11) is 1.62. The minimum absolute atomic E-state index is 0.0524. The molecule has 140 valence electrons. The van der Waals surface area contributed by atoms with Crippen LogP contribution in [0.25, 0.3) is 11.3 Å². The predicted octanol–water partition coefficient (Wildman–Crippen LogP) is 5.31. The van der Waals surface area contributed by atoms with Crippen LogP contribution in [0.3, 0.4) is 0 Å². The number of methoxy groups -OCH3 is 1. The van der Waals surface area contributed by atoms with Gasteiger partial charge in [-0.3, -0.25) is 4.79 Å². The van der Waals surface area contributed by atoms with Crippen molar-refractivity contribution in [3.63, 3.8) is 0 Å². The largest absolute Gasteiger partial charge is 0.497 e. The highest BCUT2D eigenvalue weighted by atomic mass is 32.1. The molecule has 0 aliphatic carbocycles. The molecule has 0 fully saturated rings. The summed E-state index contributed by atoms with van der Waals surface area (Å²) in [4.78, 5) is 16.7. The molecule has 0 saturated heterocycles. The quantitative estimate of drug-likeness (QED) is 0.579. The molecular weight excluding hydrogens is 360 g/mol. The minimum Gasteiger partial charge on any atom is -0.497 e. The van der Waals surface area contributed by atoms with Crippen molar-refractivity contribution in [2.75, 3.05) is 12.4 Å². The van der Waals surface area contributed by atoms with Crippen LogP contribution >= 0.6 is 11.3 Å². The number of aromatic nitrogens is 1. The van der Waals surface area contributed by atoms with Crippen molar-refractivity contribution in [1.29, 1.82) is 0 Å². The average molecular weight is 382 g/mol. The SMILES string of the molecule is COc1ccc(Nc2nc(-c3ccc(C(C)C)cc3)c(CC(=O)O)s2)cc1. The van der Waals surface area contributed by atoms with E-state index in [0.717, 1.165) is 21.9 Å². The van der Waals surface area contributed by atoms with Crippen LogP contribution in [0, 0.1) is 0 Å². The number of nitrogens with one attached hydrogen (secondary N) is 1. The number of nitrogens with zero attached hydrogens (tertiary/aromatic N) is 1. The Balaban J connectivity index is 1.91. The van der Waals surface area contributed by atoms with E-state index in [2.05, 4.69) is 36.3 Å². The van der Waals surface area contributed by atoms with Crippen molar-refractivity contribution in [2.24, 2.45) is 0 Å². The molecule has 3 rings (SSSR count). The third-order valence-electron chi connectivity index (χ3n) is 4.20. The maximum absolute atomic E-state index is 11.3. The zero-order valence-electron chi connectivity index (χ0n) is 15.5. The summed E-state index contributed by atoms with van der Waals surface area (Å²) in [5.74, 6) is 0.354. The third kappa shape index (κ3) is 4.65. The zero-order valence-corrected chi connectivity index (χ0v) is 16.3. The Morgan fingerprint density at radius 3 is 2.37 bits per heavy atom. The number of benzene rings is 2. The van der Waals surface area contributed by atoms with Gasteiger partial charge in [-0.2, -0.15) is 0 Å². The molecule has 0 atom stereocenters. The average Bonchev–Trinajstić information content (AvgIpc) is 3.04. The number of ether oxygens (including phenoxy) is 1. The van der Waals surface area contributed by atoms with Crippen molar-refractivity contribution in [3.05, 3.63) is 59.0 Å². The van der Waals surface area contributed by atoms with E-state index in [9.17, 15) is 9.90 Å². The van der Waals surface area contributed by atoms with Gasteiger partial charge in [0.15, 0.2) is 5.13 Å². The molecule has 27 heavy (non-hydrogen) atoms. The Kier molecular flexibility index (Phi) is 5.76. The molecule has 0 unspecified atom stereocenters. The Bertz CT molecular complexity index is 916. The molecule has 1 heterocycles. The summed E-state index contributed by atoms with van der Waals surface area (Å²) in [6.07, 6.45) is -0.0524. The van der Waals surface area contributed by atoms with Gasteiger partial charge in [-0.05, 0) is 35.7 Å². The lowest BCUT2D eigenvalue weighted by atomic mass is 10.0. The lowest BCUT2D eigenvalue weighted by Gasteiger charge is -2.06. The first-order valence-corrected chi connectivity index (χ1v) is 9.51. The van der Waals surface area contributed by atoms with Crippen molar-refractivity contribution >= 4 is 28.1 Å². The number of hydrogen-bond acceptors (Lipinski definition) is 5. The molecule has 2 N–H and O–H groups in total. The molecule has 0 saturated carbocycles. The van der Waals surface area contributed by atoms with Crippen molar-refractivity contribution in [1.82, 2.24) is 4.98 Å². The van der Waals surface area contributed by atoms with Crippen molar-refractivity contribution < 1.29 is 14.6 Å². The van der Waals surface area contributed by atoms with E-state index in [1.54, 1.807) is 7.11 Å². The molecule has 5 nitrogen and oxygen atoms in total. The van der Waals surface area contributed by atoms with Gasteiger partial charge < -0.3 is 15.2 Å². The van der Waals surface area contributed by atoms with Crippen molar-refractivity contribution in [2.45, 2.75) is 26.2 Å². The third-order valence-corrected chi connectivity index (χ3v) is 5.17. The number of carboxylic acid groups (broad SMARTS) is 1. The molecule has 0 aliphatic rings. The van der Waals surface area contributed by atoms with Gasteiger partial charge in [0.1, 0.15) is 5.75 Å². The van der Waals surface area contributed by atoms with Gasteiger partial charge in [0.25, 0.3) is 0 Å². The maximum atomic E-state index is 11.3. The molecule has 0 radical (unpaired) electrons. The van der Waals surface area contributed by atoms with Crippen LogP contribution in [-0.2, 0) is 11.2 Å². The summed E-state index contributed by atoms with van der Waals surface area (Å²) < 4.78 is 5.16. The highest BCUT2D eigenvalue weighted by Gasteiger charge is 2.16. The van der Waals surface area contributed by atoms with E-state index in [0.29, 0.717) is 16.7 Å². The van der Waals surface area contributed by atoms with Gasteiger partial charge in [-0.1, -0.05) is 38.1 Å². The molecule has 0 amide bonds. The number of carbonyl (C=O) groups is 1. The minimum atomic E-state index is -0.866. The molecule has 0 bridgehead atoms. The second kappa shape index (κ2) is 8.22. The van der Waals surface area contributed by atoms with Gasteiger partial charge in [0.2, 0.25) is 0 Å². The highest BCUT2D eigenvalue weighted by molar-refractivity contribution is 7.16. The zero-order chi connectivity index (χ0) is 19.4. The normalized spacial score (nSPS) is 10.8. The number of carboxylic acids is 1. The molecule has 0 spiro atoms. The Labute approximate surface area is 162 Å². The summed E-state index contributed by atoms with van der Waals surface area (Å²) >= 11 is 1.36. The van der Waals surface area contributed by atoms with Gasteiger partial charge >= 0.3 is 5.97 Å². The van der Waals surface area contributed by atoms with E-state index >= 15 is 0 Å². The molecule has 3 aromatic rings. The lowest BCUT2D eigenvalue weighted by molar-refractivity contribution is -0.136. The van der Waals surface area contributed by atoms with Gasteiger partial charge in [0.05, 0.1) is 19.2 Å². The first-order valence-electron chi connectivity index (χ1n) is 8.69. The number of thiazole rings is 1. The first kappa shape index (κ1) is 18.9. The van der Waals surface area contributed by atoms with Crippen LogP contribution < -0.4 is 10.1 Å². The smallest absolute Gasteiger partial charge is 0.308 e. The van der Waals surface area contributed by atoms with Crippen LogP contribution in [0.5, 0.6) is 5.75 Å². The van der Waals surface area contributed by atoms with Crippen LogP contribution in [0.2, 0.25) is 0 Å². The topological polar surface area (TPSA) is 71.5 Å². The number of aliphatic carboxylic acids is 1. The highest BCUT2D eigenvalue weighted by Crippen LogP contribution is 2.34. The second-order valence-corrected chi connectivity index (χ2v) is 7.58. The van der Waals surface area contributed by atoms with Crippen LogP contribution in [0.1, 0.15) is 30.2 Å². The number of rotatable bonds is 7. The molecule has 0 aliphatic heterocycles. The van der Waals surface area contributed by atoms with Crippen LogP contribution in [0.15, 0.2) is 48.5 Å². The van der Waals surface area contributed by atoms with E-state index in [-0.39, 0.29) is 6.42 Å². The Morgan fingerprint density at radius 2 is 1.81 bits per heavy atom. The molecule has 6 heteroatoms. The van der Waals surface area contributed by atoms with E-state index < -0.39 is 5.97 Å². The summed E-state index contributed by atoms with van der Waals surface area (Å²) in [6.45, 7) is 4.29. The lowest BCUT2D eigenvalue weighted by Crippen LogP contribution is -1.99. The van der Waals surface area contributed by atoms with Crippen LogP contribution in [0.4, 0.5) is 10.8 Å². The summed E-state index contributed by atoms with van der Waals surface area (Å²) in [5, 5.41) is 13.2. The monoisotopic (exact) mass is 382 g/mol. The first-order chi connectivity index (χ1) is 13.0. The van der Waals surface area contributed by atoms with Gasteiger partial charge in [0, 0.05) is 16.1 Å². The fourth-order valence-electron chi connectivity index (χ4n) is 2.71. The maximum Gasteiger partial charge on any atom is 0.308 e.